The third-order valence-electron chi connectivity index (χ3n) is 3.55. The first-order valence-corrected chi connectivity index (χ1v) is 7.32. The van der Waals surface area contributed by atoms with Gasteiger partial charge in [0.2, 0.25) is 0 Å². The molecule has 2 unspecified atom stereocenters. The predicted molar refractivity (Wildman–Crippen MR) is 81.2 cm³/mol. The summed E-state index contributed by atoms with van der Waals surface area (Å²) in [6.45, 7) is 8.40. The molecule has 1 aliphatic heterocycles. The second-order valence-corrected chi connectivity index (χ2v) is 6.54. The molecule has 1 aromatic heterocycles. The summed E-state index contributed by atoms with van der Waals surface area (Å²) >= 11 is 0. The van der Waals surface area contributed by atoms with Crippen molar-refractivity contribution < 1.29 is 9.53 Å². The van der Waals surface area contributed by atoms with E-state index in [9.17, 15) is 4.79 Å². The van der Waals surface area contributed by atoms with Gasteiger partial charge in [0.05, 0.1) is 18.6 Å². The van der Waals surface area contributed by atoms with Crippen molar-refractivity contribution >= 4 is 6.09 Å². The molecule has 1 aliphatic rings. The summed E-state index contributed by atoms with van der Waals surface area (Å²) in [7, 11) is 0. The highest BCUT2D eigenvalue weighted by Gasteiger charge is 2.37. The van der Waals surface area contributed by atoms with Crippen LogP contribution in [0.3, 0.4) is 0 Å². The molecule has 1 saturated heterocycles. The summed E-state index contributed by atoms with van der Waals surface area (Å²) < 4.78 is 7.30. The Morgan fingerprint density at radius 2 is 2.32 bits per heavy atom. The quantitative estimate of drug-likeness (QED) is 0.488. The molecule has 2 atom stereocenters. The summed E-state index contributed by atoms with van der Waals surface area (Å²) in [5.74, 6) is 0. The average Bonchev–Trinajstić information content (AvgIpc) is 2.96. The maximum absolute atomic E-state index is 12.4. The van der Waals surface area contributed by atoms with E-state index in [1.54, 1.807) is 11.1 Å². The summed E-state index contributed by atoms with van der Waals surface area (Å²) in [4.78, 5) is 16.9. The normalized spacial score (nSPS) is 21.5. The number of aromatic nitrogens is 2. The Balaban J connectivity index is 2.14. The lowest BCUT2D eigenvalue weighted by molar-refractivity contribution is 0.0209. The number of aryl methyl sites for hydroxylation is 1. The van der Waals surface area contributed by atoms with Gasteiger partial charge in [0.1, 0.15) is 5.60 Å². The smallest absolute Gasteiger partial charge is 0.410 e. The standard InChI is InChI=1S/C14H22N6O2/c1-10-5-6-16-20(10)9-12-7-11(17-18-15)8-19(12)13(21)22-14(2,3)4/h5-6,11-12H,7-9H2,1-4H3. The van der Waals surface area contributed by atoms with E-state index in [-0.39, 0.29) is 18.2 Å². The van der Waals surface area contributed by atoms with E-state index in [1.165, 1.54) is 0 Å². The highest BCUT2D eigenvalue weighted by atomic mass is 16.6. The fraction of sp³-hybridized carbons (Fsp3) is 0.714. The van der Waals surface area contributed by atoms with Crippen LogP contribution in [0.1, 0.15) is 32.9 Å². The molecule has 1 fully saturated rings. The number of ether oxygens (including phenoxy) is 1. The molecule has 1 aromatic rings. The fourth-order valence-electron chi connectivity index (χ4n) is 2.56. The molecule has 1 amide bonds. The molecule has 22 heavy (non-hydrogen) atoms. The van der Waals surface area contributed by atoms with Crippen LogP contribution in [-0.4, -0.2) is 45.0 Å². The molecule has 0 aromatic carbocycles. The monoisotopic (exact) mass is 306 g/mol. The molecule has 8 heteroatoms. The van der Waals surface area contributed by atoms with Crippen LogP contribution in [0.2, 0.25) is 0 Å². The second kappa shape index (κ2) is 6.27. The van der Waals surface area contributed by atoms with Gasteiger partial charge in [-0.15, -0.1) is 0 Å². The van der Waals surface area contributed by atoms with Gasteiger partial charge in [0.15, 0.2) is 0 Å². The van der Waals surface area contributed by atoms with Crippen LogP contribution in [-0.2, 0) is 11.3 Å². The van der Waals surface area contributed by atoms with Gasteiger partial charge in [-0.05, 0) is 45.7 Å². The SMILES string of the molecule is Cc1ccnn1CC1CC(N=[N+]=[N-])CN1C(=O)OC(C)(C)C. The van der Waals surface area contributed by atoms with Crippen LogP contribution >= 0.6 is 0 Å². The predicted octanol–water partition coefficient (Wildman–Crippen LogP) is 2.88. The van der Waals surface area contributed by atoms with Crippen LogP contribution in [0.25, 0.3) is 10.4 Å². The number of amides is 1. The zero-order valence-corrected chi connectivity index (χ0v) is 13.4. The molecular weight excluding hydrogens is 284 g/mol. The molecule has 0 bridgehead atoms. The summed E-state index contributed by atoms with van der Waals surface area (Å²) in [6, 6.07) is 1.60. The zero-order chi connectivity index (χ0) is 16.3. The molecule has 120 valence electrons. The molecule has 0 aliphatic carbocycles. The average molecular weight is 306 g/mol. The molecule has 2 heterocycles. The number of carbonyl (C=O) groups excluding carboxylic acids is 1. The third kappa shape index (κ3) is 3.92. The Morgan fingerprint density at radius 1 is 1.59 bits per heavy atom. The van der Waals surface area contributed by atoms with Crippen molar-refractivity contribution in [2.75, 3.05) is 6.54 Å². The Bertz CT molecular complexity index is 584. The van der Waals surface area contributed by atoms with E-state index in [1.807, 2.05) is 38.4 Å². The topological polar surface area (TPSA) is 96.1 Å². The van der Waals surface area contributed by atoms with Gasteiger partial charge >= 0.3 is 6.09 Å². The number of nitrogens with zero attached hydrogens (tertiary/aromatic N) is 6. The van der Waals surface area contributed by atoms with Crippen molar-refractivity contribution in [1.29, 1.82) is 0 Å². The van der Waals surface area contributed by atoms with E-state index in [0.29, 0.717) is 19.5 Å². The minimum atomic E-state index is -0.556. The van der Waals surface area contributed by atoms with Gasteiger partial charge in [-0.1, -0.05) is 5.11 Å². The van der Waals surface area contributed by atoms with Crippen LogP contribution in [0, 0.1) is 6.92 Å². The van der Waals surface area contributed by atoms with Gasteiger partial charge < -0.3 is 9.64 Å². The maximum Gasteiger partial charge on any atom is 0.410 e. The lowest BCUT2D eigenvalue weighted by Crippen LogP contribution is -2.42. The van der Waals surface area contributed by atoms with Crippen molar-refractivity contribution in [3.63, 3.8) is 0 Å². The number of hydrogen-bond acceptors (Lipinski definition) is 4. The Hall–Kier alpha value is -2.21. The molecule has 0 radical (unpaired) electrons. The van der Waals surface area contributed by atoms with Crippen LogP contribution in [0.4, 0.5) is 4.79 Å². The Labute approximate surface area is 129 Å². The minimum absolute atomic E-state index is 0.0936. The van der Waals surface area contributed by atoms with E-state index < -0.39 is 5.60 Å². The van der Waals surface area contributed by atoms with Gasteiger partial charge in [-0.3, -0.25) is 4.68 Å². The molecule has 0 saturated carbocycles. The maximum atomic E-state index is 12.4. The highest BCUT2D eigenvalue weighted by Crippen LogP contribution is 2.24. The first-order chi connectivity index (χ1) is 10.3. The van der Waals surface area contributed by atoms with Gasteiger partial charge in [-0.25, -0.2) is 4.79 Å². The molecule has 2 rings (SSSR count). The van der Waals surface area contributed by atoms with Gasteiger partial charge in [-0.2, -0.15) is 5.10 Å². The number of carbonyl (C=O) groups is 1. The van der Waals surface area contributed by atoms with E-state index in [4.69, 9.17) is 10.3 Å². The molecule has 8 nitrogen and oxygen atoms in total. The summed E-state index contributed by atoms with van der Waals surface area (Å²) in [6.07, 6.45) is 1.97. The number of rotatable bonds is 3. The van der Waals surface area contributed by atoms with Crippen molar-refractivity contribution in [3.8, 4) is 0 Å². The number of hydrogen-bond donors (Lipinski definition) is 0. The van der Waals surface area contributed by atoms with E-state index in [2.05, 4.69) is 15.1 Å². The molecular formula is C14H22N6O2. The van der Waals surface area contributed by atoms with E-state index >= 15 is 0 Å². The fourth-order valence-corrected chi connectivity index (χ4v) is 2.56. The van der Waals surface area contributed by atoms with Crippen LogP contribution in [0.5, 0.6) is 0 Å². The first kappa shape index (κ1) is 16.2. The van der Waals surface area contributed by atoms with Crippen molar-refractivity contribution in [3.05, 3.63) is 28.4 Å². The first-order valence-electron chi connectivity index (χ1n) is 7.32. The Morgan fingerprint density at radius 3 is 2.86 bits per heavy atom. The summed E-state index contributed by atoms with van der Waals surface area (Å²) in [5.41, 5.74) is 9.10. The number of likely N-dealkylation sites (tertiary alicyclic amines) is 1. The second-order valence-electron chi connectivity index (χ2n) is 6.54. The van der Waals surface area contributed by atoms with Crippen LogP contribution in [0.15, 0.2) is 17.4 Å². The van der Waals surface area contributed by atoms with Gasteiger partial charge in [0.25, 0.3) is 0 Å². The van der Waals surface area contributed by atoms with Crippen LogP contribution < -0.4 is 0 Å². The minimum Gasteiger partial charge on any atom is -0.444 e. The van der Waals surface area contributed by atoms with Crippen molar-refractivity contribution in [2.24, 2.45) is 5.11 Å². The third-order valence-corrected chi connectivity index (χ3v) is 3.55. The largest absolute Gasteiger partial charge is 0.444 e. The molecule has 0 N–H and O–H groups in total. The van der Waals surface area contributed by atoms with Gasteiger partial charge in [0, 0.05) is 23.3 Å². The lowest BCUT2D eigenvalue weighted by atomic mass is 10.2. The van der Waals surface area contributed by atoms with Crippen molar-refractivity contribution in [2.45, 2.75) is 58.3 Å². The zero-order valence-electron chi connectivity index (χ0n) is 13.4. The van der Waals surface area contributed by atoms with Crippen molar-refractivity contribution in [1.82, 2.24) is 14.7 Å². The summed E-state index contributed by atoms with van der Waals surface area (Å²) in [5, 5.41) is 8.01. The number of azide groups is 1. The lowest BCUT2D eigenvalue weighted by Gasteiger charge is -2.28. The van der Waals surface area contributed by atoms with E-state index in [0.717, 1.165) is 5.69 Å². The Kier molecular flexibility index (Phi) is 4.61. The highest BCUT2D eigenvalue weighted by molar-refractivity contribution is 5.69. The molecule has 0 spiro atoms.